The molecule has 0 radical (unpaired) electrons. The van der Waals surface area contributed by atoms with Crippen molar-refractivity contribution in [1.82, 2.24) is 0 Å². The van der Waals surface area contributed by atoms with Crippen LogP contribution in [0.1, 0.15) is 22.3 Å². The van der Waals surface area contributed by atoms with Crippen molar-refractivity contribution in [3.63, 3.8) is 0 Å². The van der Waals surface area contributed by atoms with Gasteiger partial charge in [0.25, 0.3) is 0 Å². The van der Waals surface area contributed by atoms with Gasteiger partial charge in [0.2, 0.25) is 0 Å². The van der Waals surface area contributed by atoms with Crippen LogP contribution in [0.4, 0.5) is 0 Å². The monoisotopic (exact) mass is 568 g/mol. The maximum atomic E-state index is 13.6. The van der Waals surface area contributed by atoms with Crippen LogP contribution in [-0.4, -0.2) is 43.8 Å². The Morgan fingerprint density at radius 1 is 0.548 bits per heavy atom. The first-order valence-corrected chi connectivity index (χ1v) is 14.1. The zero-order valence-corrected chi connectivity index (χ0v) is 23.6. The van der Waals surface area contributed by atoms with E-state index in [0.717, 1.165) is 22.3 Å². The van der Waals surface area contributed by atoms with E-state index in [0.29, 0.717) is 6.61 Å². The summed E-state index contributed by atoms with van der Waals surface area (Å²) < 4.78 is 37.1. The fourth-order valence-electron chi connectivity index (χ4n) is 4.85. The molecule has 218 valence electrons. The van der Waals surface area contributed by atoms with Crippen molar-refractivity contribution in [2.24, 2.45) is 0 Å². The Morgan fingerprint density at radius 3 is 1.36 bits per heavy atom. The maximum absolute atomic E-state index is 13.6. The van der Waals surface area contributed by atoms with E-state index in [4.69, 9.17) is 28.4 Å². The highest BCUT2D eigenvalue weighted by molar-refractivity contribution is 5.76. The molecule has 7 nitrogen and oxygen atoms in total. The predicted octanol–water partition coefficient (Wildman–Crippen LogP) is 5.86. The molecule has 0 spiro atoms. The molecule has 0 aliphatic carbocycles. The Hall–Kier alpha value is -3.85. The summed E-state index contributed by atoms with van der Waals surface area (Å²) >= 11 is 0. The minimum atomic E-state index is -1.11. The van der Waals surface area contributed by atoms with Crippen molar-refractivity contribution in [3.8, 4) is 0 Å². The minimum absolute atomic E-state index is 0.103. The Labute approximate surface area is 246 Å². The summed E-state index contributed by atoms with van der Waals surface area (Å²) in [5, 5.41) is 0. The lowest BCUT2D eigenvalue weighted by Gasteiger charge is -2.44. The van der Waals surface area contributed by atoms with E-state index in [1.54, 1.807) is 0 Å². The van der Waals surface area contributed by atoms with Crippen LogP contribution >= 0.6 is 0 Å². The van der Waals surface area contributed by atoms with Crippen LogP contribution in [0.25, 0.3) is 0 Å². The molecule has 0 amide bonds. The molecule has 0 unspecified atom stereocenters. The summed E-state index contributed by atoms with van der Waals surface area (Å²) in [5.74, 6) is -0.561. The number of carbonyl (C=O) groups excluding carboxylic acids is 1. The van der Waals surface area contributed by atoms with Crippen molar-refractivity contribution in [2.75, 3.05) is 7.11 Å². The van der Waals surface area contributed by atoms with Gasteiger partial charge in [0.15, 0.2) is 12.4 Å². The fraction of sp³-hybridized carbons (Fsp3) is 0.286. The van der Waals surface area contributed by atoms with Gasteiger partial charge in [0, 0.05) is 7.11 Å². The van der Waals surface area contributed by atoms with E-state index in [-0.39, 0.29) is 19.8 Å². The second kappa shape index (κ2) is 15.4. The molecule has 5 atom stereocenters. The number of hydrogen-bond acceptors (Lipinski definition) is 7. The van der Waals surface area contributed by atoms with Crippen LogP contribution < -0.4 is 0 Å². The molecule has 1 aliphatic heterocycles. The molecule has 4 aromatic rings. The number of rotatable bonds is 13. The lowest BCUT2D eigenvalue weighted by Crippen LogP contribution is -2.62. The third-order valence-electron chi connectivity index (χ3n) is 7.04. The number of ether oxygens (including phenoxy) is 6. The number of esters is 1. The van der Waals surface area contributed by atoms with Gasteiger partial charge in [-0.2, -0.15) is 0 Å². The van der Waals surface area contributed by atoms with Gasteiger partial charge in [0.1, 0.15) is 24.9 Å². The average molecular weight is 569 g/mol. The Bertz CT molecular complexity index is 1340. The number of methoxy groups -OCH3 is 1. The molecule has 1 aliphatic rings. The highest BCUT2D eigenvalue weighted by atomic mass is 16.7. The van der Waals surface area contributed by atoms with Crippen LogP contribution in [-0.2, 0) is 59.6 Å². The third kappa shape index (κ3) is 8.12. The highest BCUT2D eigenvalue weighted by Gasteiger charge is 2.52. The van der Waals surface area contributed by atoms with Gasteiger partial charge in [-0.05, 0) is 22.3 Å². The van der Waals surface area contributed by atoms with Crippen LogP contribution in [0.2, 0.25) is 0 Å². The zero-order valence-electron chi connectivity index (χ0n) is 23.6. The molecule has 1 saturated heterocycles. The van der Waals surface area contributed by atoms with Crippen molar-refractivity contribution < 1.29 is 33.2 Å². The quantitative estimate of drug-likeness (QED) is 0.187. The largest absolute Gasteiger partial charge is 0.459 e. The lowest BCUT2D eigenvalue weighted by molar-refractivity contribution is -0.315. The van der Waals surface area contributed by atoms with E-state index in [1.807, 2.05) is 121 Å². The van der Waals surface area contributed by atoms with E-state index >= 15 is 0 Å². The molecular weight excluding hydrogens is 532 g/mol. The van der Waals surface area contributed by atoms with E-state index in [1.165, 1.54) is 7.11 Å². The van der Waals surface area contributed by atoms with Crippen LogP contribution in [0.15, 0.2) is 121 Å². The lowest BCUT2D eigenvalue weighted by atomic mass is 9.97. The van der Waals surface area contributed by atoms with E-state index in [2.05, 4.69) is 0 Å². The number of hydrogen-bond donors (Lipinski definition) is 0. The Balaban J connectivity index is 1.42. The second-order valence-corrected chi connectivity index (χ2v) is 10.0. The third-order valence-corrected chi connectivity index (χ3v) is 7.04. The molecule has 0 saturated carbocycles. The normalized spacial score (nSPS) is 22.0. The average Bonchev–Trinajstić information content (AvgIpc) is 3.06. The number of benzene rings is 4. The summed E-state index contributed by atoms with van der Waals surface area (Å²) in [4.78, 5) is 13.6. The van der Waals surface area contributed by atoms with Gasteiger partial charge in [0.05, 0.1) is 19.8 Å². The van der Waals surface area contributed by atoms with Crippen LogP contribution in [0.5, 0.6) is 0 Å². The maximum Gasteiger partial charge on any atom is 0.338 e. The molecule has 0 bridgehead atoms. The van der Waals surface area contributed by atoms with Gasteiger partial charge >= 0.3 is 5.97 Å². The predicted molar refractivity (Wildman–Crippen MR) is 157 cm³/mol. The SMILES string of the molecule is CO[C@@H]1O[C@@H](C(=O)OCc2ccccc2)[C@@H](OCc2ccccc2)[C@@H](OCc2ccccc2)[C@H]1OCc1ccccc1. The molecule has 0 N–H and O–H groups in total. The molecular formula is C35H36O7. The van der Waals surface area contributed by atoms with Crippen molar-refractivity contribution in [1.29, 1.82) is 0 Å². The minimum Gasteiger partial charge on any atom is -0.459 e. The first-order chi connectivity index (χ1) is 20.7. The summed E-state index contributed by atoms with van der Waals surface area (Å²) in [5.41, 5.74) is 3.78. The van der Waals surface area contributed by atoms with Crippen molar-refractivity contribution in [2.45, 2.75) is 57.1 Å². The fourth-order valence-corrected chi connectivity index (χ4v) is 4.85. The standard InChI is InChI=1S/C35H36O7/c1-37-35-33(40-24-28-18-10-4-11-19-28)31(39-23-27-16-8-3-9-17-27)30(38-22-26-14-6-2-7-15-26)32(42-35)34(36)41-25-29-20-12-5-13-21-29/h2-21,30-33,35H,22-25H2,1H3/t30-,31+,32+,33+,35+/m0/s1. The number of carbonyl (C=O) groups is 1. The van der Waals surface area contributed by atoms with E-state index in [9.17, 15) is 4.79 Å². The molecule has 5 rings (SSSR count). The van der Waals surface area contributed by atoms with Gasteiger partial charge in [-0.15, -0.1) is 0 Å². The van der Waals surface area contributed by atoms with Crippen LogP contribution in [0.3, 0.4) is 0 Å². The molecule has 0 aromatic heterocycles. The smallest absolute Gasteiger partial charge is 0.338 e. The molecule has 4 aromatic carbocycles. The summed E-state index contributed by atoms with van der Waals surface area (Å²) in [6, 6.07) is 38.9. The molecule has 42 heavy (non-hydrogen) atoms. The molecule has 7 heteroatoms. The second-order valence-electron chi connectivity index (χ2n) is 10.0. The van der Waals surface area contributed by atoms with Gasteiger partial charge in [-0.25, -0.2) is 4.79 Å². The van der Waals surface area contributed by atoms with Crippen LogP contribution in [0, 0.1) is 0 Å². The van der Waals surface area contributed by atoms with Gasteiger partial charge in [-0.3, -0.25) is 0 Å². The van der Waals surface area contributed by atoms with Gasteiger partial charge in [-0.1, -0.05) is 121 Å². The zero-order chi connectivity index (χ0) is 29.0. The topological polar surface area (TPSA) is 72.5 Å². The Morgan fingerprint density at radius 2 is 0.929 bits per heavy atom. The van der Waals surface area contributed by atoms with Crippen molar-refractivity contribution >= 4 is 5.97 Å². The first-order valence-electron chi connectivity index (χ1n) is 14.1. The molecule has 1 fully saturated rings. The summed E-state index contributed by atoms with van der Waals surface area (Å²) in [6.07, 6.45) is -4.27. The summed E-state index contributed by atoms with van der Waals surface area (Å²) in [7, 11) is 1.52. The first kappa shape index (κ1) is 29.6. The van der Waals surface area contributed by atoms with Crippen molar-refractivity contribution in [3.05, 3.63) is 144 Å². The van der Waals surface area contributed by atoms with E-state index < -0.39 is 36.7 Å². The Kier molecular flexibility index (Phi) is 10.9. The summed E-state index contributed by atoms with van der Waals surface area (Å²) in [6.45, 7) is 0.927. The highest BCUT2D eigenvalue weighted by Crippen LogP contribution is 2.31. The van der Waals surface area contributed by atoms with Gasteiger partial charge < -0.3 is 28.4 Å². The molecule has 1 heterocycles.